The van der Waals surface area contributed by atoms with Crippen LogP contribution < -0.4 is 5.32 Å². The molecule has 1 aliphatic heterocycles. The third-order valence-electron chi connectivity index (χ3n) is 5.22. The summed E-state index contributed by atoms with van der Waals surface area (Å²) in [5.41, 5.74) is 0.459. The predicted molar refractivity (Wildman–Crippen MR) is 98.9 cm³/mol. The van der Waals surface area contributed by atoms with E-state index in [1.807, 2.05) is 4.57 Å². The highest BCUT2D eigenvalue weighted by Crippen LogP contribution is 2.33. The summed E-state index contributed by atoms with van der Waals surface area (Å²) < 4.78 is 43.5. The van der Waals surface area contributed by atoms with Crippen molar-refractivity contribution in [3.63, 3.8) is 0 Å². The van der Waals surface area contributed by atoms with Crippen molar-refractivity contribution in [1.29, 1.82) is 0 Å². The lowest BCUT2D eigenvalue weighted by Gasteiger charge is -2.18. The average molecular weight is 406 g/mol. The Morgan fingerprint density at radius 3 is 2.79 bits per heavy atom. The van der Waals surface area contributed by atoms with Gasteiger partial charge in [-0.2, -0.15) is 13.2 Å². The molecule has 0 spiro atoms. The van der Waals surface area contributed by atoms with E-state index in [9.17, 15) is 18.0 Å². The van der Waals surface area contributed by atoms with Gasteiger partial charge in [0.25, 0.3) is 0 Å². The van der Waals surface area contributed by atoms with Crippen LogP contribution in [-0.2, 0) is 30.5 Å². The Bertz CT molecular complexity index is 1040. The molecule has 0 fully saturated rings. The summed E-state index contributed by atoms with van der Waals surface area (Å²) in [7, 11) is 0. The molecular weight excluding hydrogens is 385 g/mol. The number of carbonyl (C=O) groups excluding carboxylic acids is 1. The van der Waals surface area contributed by atoms with Crippen LogP contribution >= 0.6 is 0 Å². The molecule has 1 aromatic carbocycles. The summed E-state index contributed by atoms with van der Waals surface area (Å²) in [5.74, 6) is -0.115. The van der Waals surface area contributed by atoms with Crippen LogP contribution in [0.3, 0.4) is 0 Å². The molecular formula is C19H21F3N6O. The van der Waals surface area contributed by atoms with E-state index < -0.39 is 23.9 Å². The Hall–Kier alpha value is -2.91. The van der Waals surface area contributed by atoms with E-state index in [4.69, 9.17) is 0 Å². The maximum Gasteiger partial charge on any atom is 0.449 e. The molecule has 29 heavy (non-hydrogen) atoms. The van der Waals surface area contributed by atoms with Crippen molar-refractivity contribution in [1.82, 2.24) is 29.6 Å². The highest BCUT2D eigenvalue weighted by Gasteiger charge is 2.39. The molecule has 0 radical (unpaired) electrons. The van der Waals surface area contributed by atoms with Crippen molar-refractivity contribution in [2.75, 3.05) is 0 Å². The fourth-order valence-corrected chi connectivity index (χ4v) is 3.74. The second-order valence-corrected chi connectivity index (χ2v) is 7.18. The second-order valence-electron chi connectivity index (χ2n) is 7.18. The summed E-state index contributed by atoms with van der Waals surface area (Å²) in [6, 6.07) is 5.17. The van der Waals surface area contributed by atoms with Gasteiger partial charge in [-0.25, -0.2) is 4.98 Å². The van der Waals surface area contributed by atoms with Gasteiger partial charge in [-0.15, -0.1) is 10.2 Å². The number of imidazole rings is 1. The van der Waals surface area contributed by atoms with Gasteiger partial charge in [0.2, 0.25) is 11.7 Å². The lowest BCUT2D eigenvalue weighted by atomic mass is 10.2. The van der Waals surface area contributed by atoms with Gasteiger partial charge in [0.15, 0.2) is 5.82 Å². The zero-order valence-corrected chi connectivity index (χ0v) is 15.9. The van der Waals surface area contributed by atoms with Gasteiger partial charge in [0.1, 0.15) is 11.9 Å². The number of benzene rings is 1. The van der Waals surface area contributed by atoms with Crippen LogP contribution in [0.25, 0.3) is 11.0 Å². The smallest absolute Gasteiger partial charge is 0.347 e. The number of amides is 1. The molecule has 10 heteroatoms. The highest BCUT2D eigenvalue weighted by atomic mass is 19.4. The molecule has 0 saturated heterocycles. The normalized spacial score (nSPS) is 15.7. The maximum absolute atomic E-state index is 13.5. The number of nitrogens with zero attached hydrogens (tertiary/aromatic N) is 5. The Balaban J connectivity index is 1.57. The van der Waals surface area contributed by atoms with E-state index in [-0.39, 0.29) is 17.6 Å². The molecule has 154 valence electrons. The van der Waals surface area contributed by atoms with Crippen LogP contribution in [0.4, 0.5) is 13.2 Å². The van der Waals surface area contributed by atoms with Crippen molar-refractivity contribution in [2.45, 2.75) is 57.9 Å². The zero-order chi connectivity index (χ0) is 20.6. The summed E-state index contributed by atoms with van der Waals surface area (Å²) in [5, 5.41) is 11.0. The zero-order valence-electron chi connectivity index (χ0n) is 15.9. The van der Waals surface area contributed by atoms with Crippen LogP contribution in [-0.4, -0.2) is 30.2 Å². The molecule has 2 aromatic heterocycles. The minimum atomic E-state index is -4.67. The number of halogens is 3. The molecule has 4 rings (SSSR count). The Labute approximate surface area is 164 Å². The quantitative estimate of drug-likeness (QED) is 0.722. The Morgan fingerprint density at radius 1 is 1.21 bits per heavy atom. The minimum absolute atomic E-state index is 0.115. The second kappa shape index (κ2) is 7.49. The van der Waals surface area contributed by atoms with Gasteiger partial charge < -0.3 is 14.5 Å². The number of aryl methyl sites for hydroxylation is 1. The average Bonchev–Trinajstić information content (AvgIpc) is 3.19. The van der Waals surface area contributed by atoms with Crippen molar-refractivity contribution in [3.05, 3.63) is 41.7 Å². The van der Waals surface area contributed by atoms with Crippen molar-refractivity contribution in [2.24, 2.45) is 0 Å². The molecule has 0 aliphatic carbocycles. The molecule has 1 atom stereocenters. The number of fused-ring (bicyclic) bond motifs is 2. The lowest BCUT2D eigenvalue weighted by molar-refractivity contribution is -0.148. The van der Waals surface area contributed by atoms with E-state index >= 15 is 0 Å². The molecule has 0 saturated carbocycles. The van der Waals surface area contributed by atoms with Crippen LogP contribution in [0.2, 0.25) is 0 Å². The first-order valence-electron chi connectivity index (χ1n) is 9.59. The first-order chi connectivity index (χ1) is 13.9. The van der Waals surface area contributed by atoms with Crippen LogP contribution in [0.1, 0.15) is 49.7 Å². The molecule has 3 aromatic rings. The van der Waals surface area contributed by atoms with Crippen molar-refractivity contribution in [3.8, 4) is 0 Å². The lowest BCUT2D eigenvalue weighted by Crippen LogP contribution is -2.33. The number of hydrogen-bond acceptors (Lipinski definition) is 4. The summed E-state index contributed by atoms with van der Waals surface area (Å²) in [4.78, 5) is 16.4. The molecule has 7 nitrogen and oxygen atoms in total. The largest absolute Gasteiger partial charge is 0.449 e. The van der Waals surface area contributed by atoms with Crippen molar-refractivity contribution < 1.29 is 18.0 Å². The van der Waals surface area contributed by atoms with E-state index in [0.717, 1.165) is 42.6 Å². The van der Waals surface area contributed by atoms with Gasteiger partial charge >= 0.3 is 6.18 Å². The first kappa shape index (κ1) is 19.4. The van der Waals surface area contributed by atoms with Crippen LogP contribution in [0.15, 0.2) is 24.3 Å². The topological polar surface area (TPSA) is 77.6 Å². The molecule has 0 unspecified atom stereocenters. The monoisotopic (exact) mass is 406 g/mol. The van der Waals surface area contributed by atoms with E-state index in [2.05, 4.69) is 20.5 Å². The third kappa shape index (κ3) is 3.70. The number of aromatic nitrogens is 5. The van der Waals surface area contributed by atoms with Gasteiger partial charge in [0.05, 0.1) is 17.6 Å². The van der Waals surface area contributed by atoms with Gasteiger partial charge in [-0.05, 0) is 31.9 Å². The predicted octanol–water partition coefficient (Wildman–Crippen LogP) is 3.25. The molecule has 1 N–H and O–H groups in total. The van der Waals surface area contributed by atoms with Crippen molar-refractivity contribution >= 4 is 16.9 Å². The SMILES string of the molecule is C[C@@H](C(=O)NCc1nnc2n1CCCCC2)n1c(C(F)(F)F)nc2ccccc21. The number of hydrogen-bond donors (Lipinski definition) is 1. The number of para-hydroxylation sites is 2. The van der Waals surface area contributed by atoms with E-state index in [0.29, 0.717) is 5.82 Å². The number of alkyl halides is 3. The maximum atomic E-state index is 13.5. The first-order valence-corrected chi connectivity index (χ1v) is 9.59. The third-order valence-corrected chi connectivity index (χ3v) is 5.22. The molecule has 3 heterocycles. The van der Waals surface area contributed by atoms with Gasteiger partial charge in [-0.1, -0.05) is 18.6 Å². The molecule has 1 aliphatic rings. The Kier molecular flexibility index (Phi) is 5.01. The van der Waals surface area contributed by atoms with Gasteiger partial charge in [-0.3, -0.25) is 4.79 Å². The summed E-state index contributed by atoms with van der Waals surface area (Å²) >= 11 is 0. The Morgan fingerprint density at radius 2 is 2.00 bits per heavy atom. The number of nitrogens with one attached hydrogen (secondary N) is 1. The number of carbonyl (C=O) groups is 1. The van der Waals surface area contributed by atoms with Crippen LogP contribution in [0, 0.1) is 0 Å². The standard InChI is InChI=1S/C19H21F3N6O/c1-12(28-14-8-5-4-7-13(14)24-18(28)19(20,21)22)17(29)23-11-16-26-25-15-9-3-2-6-10-27(15)16/h4-5,7-8,12H,2-3,6,9-11H2,1H3,(H,23,29)/t12-/m0/s1. The highest BCUT2D eigenvalue weighted by molar-refractivity contribution is 5.84. The fraction of sp³-hybridized carbons (Fsp3) is 0.474. The summed E-state index contributed by atoms with van der Waals surface area (Å²) in [6.07, 6.45) is -0.654. The molecule has 1 amide bonds. The van der Waals surface area contributed by atoms with Crippen LogP contribution in [0.5, 0.6) is 0 Å². The summed E-state index contributed by atoms with van der Waals surface area (Å²) in [6.45, 7) is 2.33. The molecule has 0 bridgehead atoms. The minimum Gasteiger partial charge on any atom is -0.347 e. The van der Waals surface area contributed by atoms with E-state index in [1.54, 1.807) is 12.1 Å². The van der Waals surface area contributed by atoms with E-state index in [1.165, 1.54) is 19.1 Å². The number of rotatable bonds is 4. The fourth-order valence-electron chi connectivity index (χ4n) is 3.74. The van der Waals surface area contributed by atoms with Gasteiger partial charge in [0, 0.05) is 13.0 Å².